The zero-order chi connectivity index (χ0) is 14.0. The van der Waals surface area contributed by atoms with Crippen molar-refractivity contribution in [1.29, 1.82) is 0 Å². The van der Waals surface area contributed by atoms with Gasteiger partial charge in [0, 0.05) is 14.5 Å². The second kappa shape index (κ2) is 6.11. The molecular formula is C14H11Br2F2N. The maximum absolute atomic E-state index is 13.9. The number of halogens is 4. The maximum atomic E-state index is 13.9. The first-order chi connectivity index (χ1) is 9.02. The lowest BCUT2D eigenvalue weighted by molar-refractivity contribution is 0.487. The van der Waals surface area contributed by atoms with Gasteiger partial charge < -0.3 is 5.32 Å². The van der Waals surface area contributed by atoms with Crippen molar-refractivity contribution in [3.63, 3.8) is 0 Å². The monoisotopic (exact) mass is 389 g/mol. The van der Waals surface area contributed by atoms with E-state index in [-0.39, 0.29) is 5.56 Å². The van der Waals surface area contributed by atoms with Crippen molar-refractivity contribution in [3.8, 4) is 0 Å². The fourth-order valence-corrected chi connectivity index (χ4v) is 3.32. The molecule has 0 amide bonds. The molecule has 2 aromatic rings. The predicted octanol–water partition coefficient (Wildman–Crippen LogP) is 4.80. The molecule has 1 N–H and O–H groups in total. The second-order valence-corrected chi connectivity index (χ2v) is 5.90. The Labute approximate surface area is 127 Å². The Hall–Kier alpha value is -0.780. The lowest BCUT2D eigenvalue weighted by Gasteiger charge is -2.18. The quantitative estimate of drug-likeness (QED) is 0.793. The fraction of sp³-hybridized carbons (Fsp3) is 0.143. The normalized spacial score (nSPS) is 12.5. The number of nitrogens with one attached hydrogen (secondary N) is 1. The van der Waals surface area contributed by atoms with Crippen molar-refractivity contribution in [3.05, 3.63) is 68.1 Å². The highest BCUT2D eigenvalue weighted by molar-refractivity contribution is 9.11. The minimum atomic E-state index is -0.841. The van der Waals surface area contributed by atoms with Crippen LogP contribution in [0.1, 0.15) is 17.2 Å². The van der Waals surface area contributed by atoms with Gasteiger partial charge in [-0.05, 0) is 36.9 Å². The summed E-state index contributed by atoms with van der Waals surface area (Å²) in [6.07, 6.45) is 0. The van der Waals surface area contributed by atoms with Crippen LogP contribution in [0.5, 0.6) is 0 Å². The van der Waals surface area contributed by atoms with Crippen LogP contribution in [0, 0.1) is 11.6 Å². The van der Waals surface area contributed by atoms with Gasteiger partial charge in [-0.3, -0.25) is 0 Å². The molecule has 0 saturated heterocycles. The highest BCUT2D eigenvalue weighted by atomic mass is 79.9. The summed E-state index contributed by atoms with van der Waals surface area (Å²) >= 11 is 6.78. The third-order valence-electron chi connectivity index (χ3n) is 2.80. The SMILES string of the molecule is CNC(c1cc(Br)cc(Br)c1)c1cccc(F)c1F. The van der Waals surface area contributed by atoms with Gasteiger partial charge in [0.05, 0.1) is 6.04 Å². The highest BCUT2D eigenvalue weighted by Gasteiger charge is 2.19. The highest BCUT2D eigenvalue weighted by Crippen LogP contribution is 2.29. The zero-order valence-electron chi connectivity index (χ0n) is 10.1. The van der Waals surface area contributed by atoms with Crippen LogP contribution in [0.2, 0.25) is 0 Å². The molecule has 0 saturated carbocycles. The summed E-state index contributed by atoms with van der Waals surface area (Å²) in [6, 6.07) is 9.41. The van der Waals surface area contributed by atoms with E-state index in [1.807, 2.05) is 18.2 Å². The Morgan fingerprint density at radius 3 is 2.26 bits per heavy atom. The Kier molecular flexibility index (Phi) is 4.71. The van der Waals surface area contributed by atoms with Crippen LogP contribution in [-0.4, -0.2) is 7.05 Å². The van der Waals surface area contributed by atoms with Crippen molar-refractivity contribution < 1.29 is 8.78 Å². The van der Waals surface area contributed by atoms with Gasteiger partial charge in [0.1, 0.15) is 0 Å². The molecule has 1 nitrogen and oxygen atoms in total. The van der Waals surface area contributed by atoms with Gasteiger partial charge >= 0.3 is 0 Å². The van der Waals surface area contributed by atoms with E-state index in [0.717, 1.165) is 20.6 Å². The third-order valence-corrected chi connectivity index (χ3v) is 3.72. The first-order valence-corrected chi connectivity index (χ1v) is 7.18. The van der Waals surface area contributed by atoms with Crippen LogP contribution in [0.4, 0.5) is 8.78 Å². The van der Waals surface area contributed by atoms with Gasteiger partial charge in [-0.15, -0.1) is 0 Å². The van der Waals surface area contributed by atoms with Gasteiger partial charge in [0.2, 0.25) is 0 Å². The molecule has 0 aliphatic rings. The van der Waals surface area contributed by atoms with E-state index in [9.17, 15) is 8.78 Å². The summed E-state index contributed by atoms with van der Waals surface area (Å²) in [4.78, 5) is 0. The molecule has 2 aromatic carbocycles. The van der Waals surface area contributed by atoms with E-state index in [1.54, 1.807) is 13.1 Å². The molecule has 0 heterocycles. The van der Waals surface area contributed by atoms with Gasteiger partial charge in [-0.2, -0.15) is 0 Å². The molecule has 0 aliphatic carbocycles. The van der Waals surface area contributed by atoms with E-state index in [2.05, 4.69) is 37.2 Å². The number of rotatable bonds is 3. The second-order valence-electron chi connectivity index (χ2n) is 4.07. The number of benzene rings is 2. The molecule has 0 radical (unpaired) electrons. The Bertz CT molecular complexity index is 582. The summed E-state index contributed by atoms with van der Waals surface area (Å²) in [5, 5.41) is 3.01. The first kappa shape index (κ1) is 14.6. The molecule has 0 bridgehead atoms. The van der Waals surface area contributed by atoms with Crippen molar-refractivity contribution in [2.75, 3.05) is 7.05 Å². The number of hydrogen-bond donors (Lipinski definition) is 1. The van der Waals surface area contributed by atoms with Crippen LogP contribution >= 0.6 is 31.9 Å². The van der Waals surface area contributed by atoms with Crippen LogP contribution in [0.15, 0.2) is 45.3 Å². The number of hydrogen-bond acceptors (Lipinski definition) is 1. The van der Waals surface area contributed by atoms with E-state index >= 15 is 0 Å². The largest absolute Gasteiger partial charge is 0.309 e. The van der Waals surface area contributed by atoms with Crippen LogP contribution in [0.3, 0.4) is 0 Å². The summed E-state index contributed by atoms with van der Waals surface area (Å²) in [7, 11) is 1.71. The van der Waals surface area contributed by atoms with Crippen molar-refractivity contribution in [2.45, 2.75) is 6.04 Å². The molecule has 1 atom stereocenters. The molecule has 0 spiro atoms. The Balaban J connectivity index is 2.53. The average molecular weight is 391 g/mol. The average Bonchev–Trinajstić information content (AvgIpc) is 2.34. The molecule has 0 aromatic heterocycles. The molecule has 0 fully saturated rings. The lowest BCUT2D eigenvalue weighted by Crippen LogP contribution is -2.19. The van der Waals surface area contributed by atoms with Crippen molar-refractivity contribution >= 4 is 31.9 Å². The van der Waals surface area contributed by atoms with Gasteiger partial charge in [-0.25, -0.2) is 8.78 Å². The minimum Gasteiger partial charge on any atom is -0.309 e. The predicted molar refractivity (Wildman–Crippen MR) is 79.1 cm³/mol. The summed E-state index contributed by atoms with van der Waals surface area (Å²) < 4.78 is 29.0. The Morgan fingerprint density at radius 1 is 1.05 bits per heavy atom. The first-order valence-electron chi connectivity index (χ1n) is 5.60. The van der Waals surface area contributed by atoms with Crippen molar-refractivity contribution in [1.82, 2.24) is 5.32 Å². The molecule has 19 heavy (non-hydrogen) atoms. The summed E-state index contributed by atoms with van der Waals surface area (Å²) in [5.74, 6) is -1.66. The summed E-state index contributed by atoms with van der Waals surface area (Å²) in [6.45, 7) is 0. The van der Waals surface area contributed by atoms with Gasteiger partial charge in [0.25, 0.3) is 0 Å². The van der Waals surface area contributed by atoms with E-state index < -0.39 is 17.7 Å². The van der Waals surface area contributed by atoms with Crippen LogP contribution in [-0.2, 0) is 0 Å². The van der Waals surface area contributed by atoms with E-state index in [0.29, 0.717) is 0 Å². The van der Waals surface area contributed by atoms with E-state index in [4.69, 9.17) is 0 Å². The maximum Gasteiger partial charge on any atom is 0.163 e. The van der Waals surface area contributed by atoms with Crippen LogP contribution in [0.25, 0.3) is 0 Å². The molecule has 5 heteroatoms. The standard InChI is InChI=1S/C14H11Br2F2N/c1-19-14(8-5-9(15)7-10(16)6-8)11-3-2-4-12(17)13(11)18/h2-7,14,19H,1H3. The molecule has 100 valence electrons. The molecule has 0 aliphatic heterocycles. The third kappa shape index (κ3) is 3.22. The van der Waals surface area contributed by atoms with E-state index in [1.165, 1.54) is 6.07 Å². The zero-order valence-corrected chi connectivity index (χ0v) is 13.2. The molecular weight excluding hydrogens is 380 g/mol. The summed E-state index contributed by atoms with van der Waals surface area (Å²) in [5.41, 5.74) is 1.13. The topological polar surface area (TPSA) is 12.0 Å². The van der Waals surface area contributed by atoms with Crippen LogP contribution < -0.4 is 5.32 Å². The fourth-order valence-electron chi connectivity index (χ4n) is 1.99. The van der Waals surface area contributed by atoms with Crippen molar-refractivity contribution in [2.24, 2.45) is 0 Å². The minimum absolute atomic E-state index is 0.285. The Morgan fingerprint density at radius 2 is 1.68 bits per heavy atom. The lowest BCUT2D eigenvalue weighted by atomic mass is 9.98. The molecule has 1 unspecified atom stereocenters. The molecule has 2 rings (SSSR count). The smallest absolute Gasteiger partial charge is 0.163 e. The van der Waals surface area contributed by atoms with Gasteiger partial charge in [-0.1, -0.05) is 44.0 Å². The van der Waals surface area contributed by atoms with Gasteiger partial charge in [0.15, 0.2) is 11.6 Å².